The van der Waals surface area contributed by atoms with E-state index in [1.807, 2.05) is 12.1 Å². The molecule has 0 aromatic carbocycles. The first-order valence-corrected chi connectivity index (χ1v) is 10.7. The minimum Gasteiger partial charge on any atom is -0.347 e. The van der Waals surface area contributed by atoms with Crippen molar-refractivity contribution < 1.29 is 4.79 Å². The topological polar surface area (TPSA) is 114 Å². The maximum Gasteiger partial charge on any atom is 0.273 e. The van der Waals surface area contributed by atoms with Gasteiger partial charge in [0.1, 0.15) is 0 Å². The number of fused-ring (bicyclic) bond motifs is 1. The zero-order chi connectivity index (χ0) is 21.0. The molecule has 158 valence electrons. The average Bonchev–Trinajstić information content (AvgIpc) is 3.39. The van der Waals surface area contributed by atoms with E-state index in [-0.39, 0.29) is 5.91 Å². The van der Waals surface area contributed by atoms with Crippen LogP contribution in [0.25, 0.3) is 11.0 Å². The Morgan fingerprint density at radius 3 is 2.84 bits per heavy atom. The Bertz CT molecular complexity index is 1180. The molecule has 1 aliphatic rings. The van der Waals surface area contributed by atoms with Crippen molar-refractivity contribution in [2.45, 2.75) is 51.1 Å². The lowest BCUT2D eigenvalue weighted by atomic mass is 10.1. The van der Waals surface area contributed by atoms with E-state index >= 15 is 0 Å². The van der Waals surface area contributed by atoms with Crippen LogP contribution < -0.4 is 5.32 Å². The predicted molar refractivity (Wildman–Crippen MR) is 114 cm³/mol. The Kier molecular flexibility index (Phi) is 5.39. The quantitative estimate of drug-likeness (QED) is 0.406. The Labute approximate surface area is 179 Å². The molecular weight excluding hydrogens is 392 g/mol. The maximum absolute atomic E-state index is 12.2. The second-order valence-electron chi connectivity index (χ2n) is 8.00. The van der Waals surface area contributed by atoms with Gasteiger partial charge < -0.3 is 10.3 Å². The molecule has 9 heteroatoms. The van der Waals surface area contributed by atoms with Gasteiger partial charge in [0.05, 0.1) is 11.9 Å². The van der Waals surface area contributed by atoms with Crippen molar-refractivity contribution in [2.75, 3.05) is 0 Å². The van der Waals surface area contributed by atoms with Crippen LogP contribution in [0.1, 0.15) is 59.0 Å². The van der Waals surface area contributed by atoms with E-state index in [0.29, 0.717) is 24.7 Å². The molecule has 0 radical (unpaired) electrons. The van der Waals surface area contributed by atoms with Gasteiger partial charge in [-0.05, 0) is 67.9 Å². The summed E-state index contributed by atoms with van der Waals surface area (Å²) in [4.78, 5) is 19.6. The Balaban J connectivity index is 1.08. The van der Waals surface area contributed by atoms with E-state index in [9.17, 15) is 4.79 Å². The third kappa shape index (κ3) is 4.76. The molecule has 1 aliphatic carbocycles. The van der Waals surface area contributed by atoms with Gasteiger partial charge in [-0.25, -0.2) is 0 Å². The van der Waals surface area contributed by atoms with Crippen LogP contribution in [0.3, 0.4) is 0 Å². The van der Waals surface area contributed by atoms with Gasteiger partial charge in [0.15, 0.2) is 11.3 Å². The normalized spacial score (nSPS) is 13.5. The Hall–Kier alpha value is -3.62. The summed E-state index contributed by atoms with van der Waals surface area (Å²) in [6.45, 7) is 1.14. The van der Waals surface area contributed by atoms with Crippen LogP contribution in [0.4, 0.5) is 0 Å². The highest BCUT2D eigenvalue weighted by molar-refractivity contribution is 5.91. The molecule has 0 atom stereocenters. The van der Waals surface area contributed by atoms with E-state index in [2.05, 4.69) is 47.9 Å². The molecule has 5 rings (SSSR count). The fourth-order valence-corrected chi connectivity index (χ4v) is 3.60. The number of H-pyrrole nitrogens is 1. The van der Waals surface area contributed by atoms with Gasteiger partial charge in [-0.15, -0.1) is 10.2 Å². The van der Waals surface area contributed by atoms with Gasteiger partial charge in [0.2, 0.25) is 0 Å². The van der Waals surface area contributed by atoms with E-state index < -0.39 is 0 Å². The van der Waals surface area contributed by atoms with Crippen molar-refractivity contribution in [3.05, 3.63) is 65.5 Å². The summed E-state index contributed by atoms with van der Waals surface area (Å²) in [5, 5.41) is 20.7. The summed E-state index contributed by atoms with van der Waals surface area (Å²) in [5.74, 6) is 0.451. The van der Waals surface area contributed by atoms with Crippen LogP contribution in [-0.4, -0.2) is 41.1 Å². The molecule has 4 aromatic rings. The van der Waals surface area contributed by atoms with Crippen LogP contribution in [0.2, 0.25) is 0 Å². The lowest BCUT2D eigenvalue weighted by Crippen LogP contribution is -2.23. The number of hydrogen-bond acceptors (Lipinski definition) is 6. The molecule has 4 aromatic heterocycles. The number of nitrogens with zero attached hydrogens (tertiary/aromatic N) is 6. The van der Waals surface area contributed by atoms with Crippen molar-refractivity contribution in [3.8, 4) is 0 Å². The minimum atomic E-state index is -0.233. The van der Waals surface area contributed by atoms with Crippen LogP contribution in [0.15, 0.2) is 42.9 Å². The number of aryl methyl sites for hydroxylation is 2. The largest absolute Gasteiger partial charge is 0.347 e. The van der Waals surface area contributed by atoms with E-state index in [0.717, 1.165) is 41.6 Å². The first kappa shape index (κ1) is 19.3. The lowest BCUT2D eigenvalue weighted by molar-refractivity contribution is 0.0946. The fraction of sp³-hybridized carbons (Fsp3) is 0.364. The average molecular weight is 416 g/mol. The smallest absolute Gasteiger partial charge is 0.273 e. The molecule has 4 heterocycles. The molecule has 0 saturated heterocycles. The molecule has 0 bridgehead atoms. The third-order valence-corrected chi connectivity index (χ3v) is 5.51. The standard InChI is InChI=1S/C22H24N8O/c31-22(24-13-15-6-8-23-9-7-15)20-14-30(29-27-20)10-2-1-3-18-11-17-12-19(16-4-5-16)25-21(17)28-26-18/h6-9,11-12,14,16H,1-5,10,13H2,(H,24,31)(H,25,28). The number of hydrogen-bond donors (Lipinski definition) is 2. The summed E-state index contributed by atoms with van der Waals surface area (Å²) in [6, 6.07) is 8.07. The number of aromatic nitrogens is 7. The number of carbonyl (C=O) groups excluding carboxylic acids is 1. The summed E-state index contributed by atoms with van der Waals surface area (Å²) in [7, 11) is 0. The molecule has 9 nitrogen and oxygen atoms in total. The first-order chi connectivity index (χ1) is 15.2. The Morgan fingerprint density at radius 2 is 2.00 bits per heavy atom. The number of unbranched alkanes of at least 4 members (excludes halogenated alkanes) is 1. The van der Waals surface area contributed by atoms with Gasteiger partial charge >= 0.3 is 0 Å². The Morgan fingerprint density at radius 1 is 1.13 bits per heavy atom. The van der Waals surface area contributed by atoms with Crippen LogP contribution in [-0.2, 0) is 19.5 Å². The highest BCUT2D eigenvalue weighted by Crippen LogP contribution is 2.40. The molecule has 0 aliphatic heterocycles. The zero-order valence-electron chi connectivity index (χ0n) is 17.2. The van der Waals surface area contributed by atoms with E-state index in [1.165, 1.54) is 18.5 Å². The summed E-state index contributed by atoms with van der Waals surface area (Å²) >= 11 is 0. The van der Waals surface area contributed by atoms with Gasteiger partial charge in [-0.3, -0.25) is 14.5 Å². The molecule has 2 N–H and O–H groups in total. The molecule has 31 heavy (non-hydrogen) atoms. The second-order valence-corrected chi connectivity index (χ2v) is 8.00. The predicted octanol–water partition coefficient (Wildman–Crippen LogP) is 2.77. The van der Waals surface area contributed by atoms with Crippen LogP contribution in [0.5, 0.6) is 0 Å². The lowest BCUT2D eigenvalue weighted by Gasteiger charge is -2.02. The second kappa shape index (κ2) is 8.63. The molecular formula is C22H24N8O. The molecule has 1 saturated carbocycles. The van der Waals surface area contributed by atoms with Gasteiger partial charge in [-0.1, -0.05) is 5.21 Å². The number of pyridine rings is 1. The minimum absolute atomic E-state index is 0.233. The maximum atomic E-state index is 12.2. The fourth-order valence-electron chi connectivity index (χ4n) is 3.60. The molecule has 1 fully saturated rings. The van der Waals surface area contributed by atoms with Crippen molar-refractivity contribution in [1.82, 2.24) is 40.5 Å². The molecule has 0 unspecified atom stereocenters. The monoisotopic (exact) mass is 416 g/mol. The third-order valence-electron chi connectivity index (χ3n) is 5.51. The van der Waals surface area contributed by atoms with Gasteiger partial charge in [0, 0.05) is 36.6 Å². The van der Waals surface area contributed by atoms with Gasteiger partial charge in [0.25, 0.3) is 5.91 Å². The van der Waals surface area contributed by atoms with Crippen LogP contribution >= 0.6 is 0 Å². The van der Waals surface area contributed by atoms with Gasteiger partial charge in [-0.2, -0.15) is 5.10 Å². The van der Waals surface area contributed by atoms with Crippen LogP contribution in [0, 0.1) is 0 Å². The highest BCUT2D eigenvalue weighted by atomic mass is 16.2. The summed E-state index contributed by atoms with van der Waals surface area (Å²) in [6.07, 6.45) is 10.4. The number of amides is 1. The number of nitrogens with one attached hydrogen (secondary N) is 2. The summed E-state index contributed by atoms with van der Waals surface area (Å²) < 4.78 is 1.71. The van der Waals surface area contributed by atoms with E-state index in [1.54, 1.807) is 23.3 Å². The number of carbonyl (C=O) groups is 1. The number of aromatic amines is 1. The van der Waals surface area contributed by atoms with Crippen molar-refractivity contribution in [2.24, 2.45) is 0 Å². The summed E-state index contributed by atoms with van der Waals surface area (Å²) in [5.41, 5.74) is 4.48. The van der Waals surface area contributed by atoms with Crippen molar-refractivity contribution in [1.29, 1.82) is 0 Å². The SMILES string of the molecule is O=C(NCc1ccncc1)c1cn(CCCCc2cc3cc(C4CC4)[nH]c3nn2)nn1. The van der Waals surface area contributed by atoms with Crippen molar-refractivity contribution in [3.63, 3.8) is 0 Å². The van der Waals surface area contributed by atoms with Crippen molar-refractivity contribution >= 4 is 16.9 Å². The molecule has 1 amide bonds. The van der Waals surface area contributed by atoms with E-state index in [4.69, 9.17) is 0 Å². The number of rotatable bonds is 9. The first-order valence-electron chi connectivity index (χ1n) is 10.7. The molecule has 0 spiro atoms. The highest BCUT2D eigenvalue weighted by Gasteiger charge is 2.25. The zero-order valence-corrected chi connectivity index (χ0v) is 17.2.